The molecular weight excluding hydrogens is 222 g/mol. The molecule has 0 unspecified atom stereocenters. The van der Waals surface area contributed by atoms with Gasteiger partial charge in [0.1, 0.15) is 5.76 Å². The maximum absolute atomic E-state index is 9.59. The van der Waals surface area contributed by atoms with Gasteiger partial charge in [-0.2, -0.15) is 0 Å². The minimum absolute atomic E-state index is 0.134. The highest BCUT2D eigenvalue weighted by atomic mass is 35.5. The molecule has 0 saturated heterocycles. The third-order valence-electron chi connectivity index (χ3n) is 1.87. The van der Waals surface area contributed by atoms with Gasteiger partial charge in [0.25, 0.3) is 0 Å². The first-order chi connectivity index (χ1) is 7.51. The summed E-state index contributed by atoms with van der Waals surface area (Å²) in [5, 5.41) is 13.2. The van der Waals surface area contributed by atoms with Crippen LogP contribution in [0.1, 0.15) is 13.8 Å². The van der Waals surface area contributed by atoms with Crippen molar-refractivity contribution in [2.24, 2.45) is 0 Å². The van der Waals surface area contributed by atoms with Crippen molar-refractivity contribution in [2.45, 2.75) is 13.8 Å². The van der Waals surface area contributed by atoms with Gasteiger partial charge in [0, 0.05) is 11.6 Å². The van der Waals surface area contributed by atoms with Gasteiger partial charge in [0.15, 0.2) is 0 Å². The van der Waals surface area contributed by atoms with Crippen molar-refractivity contribution in [3.05, 3.63) is 59.5 Å². The third kappa shape index (κ3) is 6.14. The first-order valence-corrected chi connectivity index (χ1v) is 5.30. The lowest BCUT2D eigenvalue weighted by Crippen LogP contribution is -2.15. The largest absolute Gasteiger partial charge is 0.506 e. The molecule has 3 heteroatoms. The molecule has 0 aliphatic heterocycles. The molecule has 0 aromatic heterocycles. The predicted octanol–water partition coefficient (Wildman–Crippen LogP) is 3.81. The lowest BCUT2D eigenvalue weighted by Gasteiger charge is -2.08. The van der Waals surface area contributed by atoms with Crippen molar-refractivity contribution in [1.82, 2.24) is 5.32 Å². The summed E-state index contributed by atoms with van der Waals surface area (Å²) in [5.74, 6) is 0.134. The first kappa shape index (κ1) is 14.6. The van der Waals surface area contributed by atoms with Crippen molar-refractivity contribution in [2.75, 3.05) is 6.54 Å². The summed E-state index contributed by atoms with van der Waals surface area (Å²) in [6.07, 6.45) is 6.78. The quantitative estimate of drug-likeness (QED) is 0.546. The molecule has 0 amide bonds. The fourth-order valence-corrected chi connectivity index (χ4v) is 1.08. The molecule has 0 rings (SSSR count). The Balaban J connectivity index is 4.52. The molecule has 0 aliphatic rings. The Morgan fingerprint density at radius 1 is 1.38 bits per heavy atom. The Morgan fingerprint density at radius 3 is 2.44 bits per heavy atom. The fourth-order valence-electron chi connectivity index (χ4n) is 0.972. The Hall–Kier alpha value is -1.41. The molecule has 2 nitrogen and oxygen atoms in total. The summed E-state index contributed by atoms with van der Waals surface area (Å²) in [6.45, 7) is 11.4. The van der Waals surface area contributed by atoms with E-state index >= 15 is 0 Å². The van der Waals surface area contributed by atoms with Gasteiger partial charge < -0.3 is 10.4 Å². The zero-order chi connectivity index (χ0) is 12.6. The van der Waals surface area contributed by atoms with Crippen LogP contribution in [0.3, 0.4) is 0 Å². The van der Waals surface area contributed by atoms with Crippen molar-refractivity contribution < 1.29 is 5.11 Å². The average molecular weight is 240 g/mol. The minimum atomic E-state index is 0.134. The van der Waals surface area contributed by atoms with Crippen LogP contribution in [-0.4, -0.2) is 11.7 Å². The van der Waals surface area contributed by atoms with Gasteiger partial charge in [0.05, 0.1) is 5.70 Å². The first-order valence-electron chi connectivity index (χ1n) is 4.92. The second kappa shape index (κ2) is 7.83. The summed E-state index contributed by atoms with van der Waals surface area (Å²) < 4.78 is 0. The van der Waals surface area contributed by atoms with Crippen molar-refractivity contribution in [1.29, 1.82) is 0 Å². The van der Waals surface area contributed by atoms with E-state index in [2.05, 4.69) is 18.5 Å². The highest BCUT2D eigenvalue weighted by molar-refractivity contribution is 6.29. The molecular formula is C13H18ClNO. The van der Waals surface area contributed by atoms with Gasteiger partial charge in [0.2, 0.25) is 0 Å². The van der Waals surface area contributed by atoms with Gasteiger partial charge in [-0.3, -0.25) is 0 Å². The van der Waals surface area contributed by atoms with Crippen molar-refractivity contribution in [3.8, 4) is 0 Å². The zero-order valence-corrected chi connectivity index (χ0v) is 10.5. The lowest BCUT2D eigenvalue weighted by molar-refractivity contribution is 0.419. The third-order valence-corrected chi connectivity index (χ3v) is 1.98. The molecule has 0 atom stereocenters. The average Bonchev–Trinajstić information content (AvgIpc) is 2.22. The van der Waals surface area contributed by atoms with Crippen LogP contribution in [0.5, 0.6) is 0 Å². The van der Waals surface area contributed by atoms with Crippen LogP contribution < -0.4 is 5.32 Å². The molecule has 88 valence electrons. The van der Waals surface area contributed by atoms with E-state index in [4.69, 9.17) is 11.6 Å². The number of rotatable bonds is 6. The number of hydrogen-bond acceptors (Lipinski definition) is 2. The summed E-state index contributed by atoms with van der Waals surface area (Å²) in [7, 11) is 0. The van der Waals surface area contributed by atoms with Crippen LogP contribution in [0.2, 0.25) is 0 Å². The van der Waals surface area contributed by atoms with E-state index in [1.54, 1.807) is 26.0 Å². The zero-order valence-electron chi connectivity index (χ0n) is 9.76. The van der Waals surface area contributed by atoms with E-state index in [9.17, 15) is 5.11 Å². The van der Waals surface area contributed by atoms with Crippen LogP contribution in [0.15, 0.2) is 59.5 Å². The number of aliphatic hydroxyl groups is 1. The normalized spacial score (nSPS) is 14.2. The monoisotopic (exact) mass is 239 g/mol. The summed E-state index contributed by atoms with van der Waals surface area (Å²) in [4.78, 5) is 0. The molecule has 0 aromatic carbocycles. The maximum atomic E-state index is 9.59. The molecule has 0 spiro atoms. The molecule has 0 saturated carbocycles. The van der Waals surface area contributed by atoms with Crippen LogP contribution in [-0.2, 0) is 0 Å². The number of allylic oxidation sites excluding steroid dienone is 5. The Labute approximate surface area is 102 Å². The predicted molar refractivity (Wildman–Crippen MR) is 71.4 cm³/mol. The molecule has 0 radical (unpaired) electrons. The van der Waals surface area contributed by atoms with Crippen LogP contribution in [0.25, 0.3) is 0 Å². The number of aliphatic hydroxyl groups excluding tert-OH is 1. The summed E-state index contributed by atoms with van der Waals surface area (Å²) in [5.41, 5.74) is 1.66. The molecule has 0 aromatic rings. The SMILES string of the molecule is C=C/C=C(\C=C)CN/C(C)=C(O)/C=C(\C)Cl. The van der Waals surface area contributed by atoms with Crippen molar-refractivity contribution >= 4 is 11.6 Å². The van der Waals surface area contributed by atoms with Gasteiger partial charge in [-0.15, -0.1) is 0 Å². The fraction of sp³-hybridized carbons (Fsp3) is 0.231. The van der Waals surface area contributed by atoms with E-state index in [0.29, 0.717) is 17.3 Å². The molecule has 2 N–H and O–H groups in total. The number of halogens is 1. The van der Waals surface area contributed by atoms with Crippen LogP contribution in [0.4, 0.5) is 0 Å². The molecule has 0 heterocycles. The van der Waals surface area contributed by atoms with E-state index in [0.717, 1.165) is 5.57 Å². The minimum Gasteiger partial charge on any atom is -0.506 e. The van der Waals surface area contributed by atoms with E-state index in [1.165, 1.54) is 6.08 Å². The second-order valence-corrected chi connectivity index (χ2v) is 3.87. The molecule has 0 fully saturated rings. The molecule has 0 bridgehead atoms. The molecule has 16 heavy (non-hydrogen) atoms. The second-order valence-electron chi connectivity index (χ2n) is 3.28. The molecule has 0 aliphatic carbocycles. The van der Waals surface area contributed by atoms with Gasteiger partial charge in [-0.25, -0.2) is 0 Å². The standard InChI is InChI=1S/C13H18ClNO/c1-5-7-12(6-2)9-15-11(4)13(16)8-10(3)14/h5-8,15-16H,1-2,9H2,3-4H3/b10-8+,12-7+,13-11-. The van der Waals surface area contributed by atoms with Crippen LogP contribution >= 0.6 is 11.6 Å². The highest BCUT2D eigenvalue weighted by Crippen LogP contribution is 2.06. The van der Waals surface area contributed by atoms with E-state index in [-0.39, 0.29) is 5.76 Å². The van der Waals surface area contributed by atoms with Gasteiger partial charge in [-0.05, 0) is 25.5 Å². The van der Waals surface area contributed by atoms with E-state index in [1.807, 2.05) is 6.08 Å². The van der Waals surface area contributed by atoms with Gasteiger partial charge in [-0.1, -0.05) is 43.0 Å². The van der Waals surface area contributed by atoms with Gasteiger partial charge >= 0.3 is 0 Å². The van der Waals surface area contributed by atoms with Crippen molar-refractivity contribution in [3.63, 3.8) is 0 Å². The van der Waals surface area contributed by atoms with E-state index < -0.39 is 0 Å². The van der Waals surface area contributed by atoms with Crippen LogP contribution in [0, 0.1) is 0 Å². The number of hydrogen-bond donors (Lipinski definition) is 2. The maximum Gasteiger partial charge on any atom is 0.135 e. The lowest BCUT2D eigenvalue weighted by atomic mass is 10.2. The number of nitrogens with one attached hydrogen (secondary N) is 1. The Morgan fingerprint density at radius 2 is 2.00 bits per heavy atom. The highest BCUT2D eigenvalue weighted by Gasteiger charge is 1.98. The summed E-state index contributed by atoms with van der Waals surface area (Å²) in [6, 6.07) is 0. The smallest absolute Gasteiger partial charge is 0.135 e. The summed E-state index contributed by atoms with van der Waals surface area (Å²) >= 11 is 5.65. The topological polar surface area (TPSA) is 32.3 Å². The Bertz CT molecular complexity index is 347. The Kier molecular flexibility index (Phi) is 7.14.